The van der Waals surface area contributed by atoms with E-state index in [9.17, 15) is 0 Å². The van der Waals surface area contributed by atoms with E-state index in [1.165, 1.54) is 33.2 Å². The molecule has 0 bridgehead atoms. The van der Waals surface area contributed by atoms with E-state index in [2.05, 4.69) is 59.0 Å². The van der Waals surface area contributed by atoms with Crippen LogP contribution in [0.5, 0.6) is 0 Å². The lowest BCUT2D eigenvalue weighted by Gasteiger charge is -2.03. The predicted molar refractivity (Wildman–Crippen MR) is 74.3 cm³/mol. The summed E-state index contributed by atoms with van der Waals surface area (Å²) in [5.74, 6) is 0. The molecule has 4 rings (SSSR count). The number of hydrogen-bond acceptors (Lipinski definition) is 1. The quantitative estimate of drug-likeness (QED) is 0.663. The average Bonchev–Trinajstić information content (AvgIpc) is 3.04. The second kappa shape index (κ2) is 3.72. The van der Waals surface area contributed by atoms with E-state index in [0.29, 0.717) is 0 Å². The van der Waals surface area contributed by atoms with E-state index in [0.717, 1.165) is 13.1 Å². The van der Waals surface area contributed by atoms with Gasteiger partial charge in [0.25, 0.3) is 0 Å². The highest BCUT2D eigenvalue weighted by Crippen LogP contribution is 2.30. The number of hydrogen-bond donors (Lipinski definition) is 2. The highest BCUT2D eigenvalue weighted by atomic mass is 14.9. The molecule has 0 amide bonds. The number of benzene rings is 2. The summed E-state index contributed by atoms with van der Waals surface area (Å²) in [6.45, 7) is 2.00. The minimum absolute atomic E-state index is 0.992. The lowest BCUT2D eigenvalue weighted by molar-refractivity contribution is 0.765. The summed E-state index contributed by atoms with van der Waals surface area (Å²) < 4.78 is 0. The SMILES string of the molecule is c1ccc2c(-c3ccc4c(c3)CNC4)c[nH]c2c1. The Morgan fingerprint density at radius 1 is 0.889 bits per heavy atom. The third kappa shape index (κ3) is 1.39. The Hall–Kier alpha value is -2.06. The summed E-state index contributed by atoms with van der Waals surface area (Å²) in [6, 6.07) is 15.2. The largest absolute Gasteiger partial charge is 0.361 e. The average molecular weight is 234 g/mol. The fourth-order valence-electron chi connectivity index (χ4n) is 2.77. The molecule has 1 aliphatic heterocycles. The van der Waals surface area contributed by atoms with Gasteiger partial charge in [0.2, 0.25) is 0 Å². The molecule has 2 N–H and O–H groups in total. The van der Waals surface area contributed by atoms with E-state index < -0.39 is 0 Å². The number of aromatic nitrogens is 1. The van der Waals surface area contributed by atoms with Crippen molar-refractivity contribution >= 4 is 10.9 Å². The molecule has 0 atom stereocenters. The molecule has 2 nitrogen and oxygen atoms in total. The molecule has 1 aromatic heterocycles. The molecule has 2 heteroatoms. The van der Waals surface area contributed by atoms with Gasteiger partial charge in [-0.15, -0.1) is 0 Å². The molecule has 0 radical (unpaired) electrons. The molecule has 0 fully saturated rings. The van der Waals surface area contributed by atoms with Crippen LogP contribution < -0.4 is 5.32 Å². The molecule has 18 heavy (non-hydrogen) atoms. The van der Waals surface area contributed by atoms with Gasteiger partial charge in [0, 0.05) is 35.8 Å². The maximum Gasteiger partial charge on any atom is 0.0460 e. The predicted octanol–water partition coefficient (Wildman–Crippen LogP) is 3.44. The highest BCUT2D eigenvalue weighted by Gasteiger charge is 2.12. The van der Waals surface area contributed by atoms with Gasteiger partial charge in [-0.1, -0.05) is 30.3 Å². The molecule has 0 unspecified atom stereocenters. The standard InChI is InChI=1S/C16H14N2/c1-2-4-16-14(3-1)15(10-18-16)11-5-6-12-8-17-9-13(12)7-11/h1-7,10,17-18H,8-9H2. The summed E-state index contributed by atoms with van der Waals surface area (Å²) in [6.07, 6.45) is 2.11. The van der Waals surface area contributed by atoms with E-state index in [4.69, 9.17) is 0 Å². The Morgan fingerprint density at radius 3 is 2.78 bits per heavy atom. The number of aromatic amines is 1. The molecule has 3 aromatic rings. The normalized spacial score (nSPS) is 14.0. The smallest absolute Gasteiger partial charge is 0.0460 e. The van der Waals surface area contributed by atoms with Crippen molar-refractivity contribution in [1.82, 2.24) is 10.3 Å². The molecule has 0 spiro atoms. The zero-order valence-corrected chi connectivity index (χ0v) is 10.0. The Labute approximate surface area is 106 Å². The third-order valence-electron chi connectivity index (χ3n) is 3.74. The summed E-state index contributed by atoms with van der Waals surface area (Å²) in [5.41, 5.74) is 6.65. The Kier molecular flexibility index (Phi) is 2.05. The summed E-state index contributed by atoms with van der Waals surface area (Å²) in [7, 11) is 0. The Bertz CT molecular complexity index is 725. The van der Waals surface area contributed by atoms with Crippen LogP contribution in [0.15, 0.2) is 48.7 Å². The van der Waals surface area contributed by atoms with Gasteiger partial charge >= 0.3 is 0 Å². The van der Waals surface area contributed by atoms with E-state index in [-0.39, 0.29) is 0 Å². The van der Waals surface area contributed by atoms with E-state index in [1.807, 2.05) is 0 Å². The fourth-order valence-corrected chi connectivity index (χ4v) is 2.77. The maximum absolute atomic E-state index is 3.39. The molecule has 1 aliphatic rings. The molecule has 2 aromatic carbocycles. The molecular formula is C16H14N2. The van der Waals surface area contributed by atoms with Crippen molar-refractivity contribution in [3.05, 3.63) is 59.8 Å². The second-order valence-corrected chi connectivity index (χ2v) is 4.83. The molecule has 0 saturated carbocycles. The van der Waals surface area contributed by atoms with Crippen LogP contribution >= 0.6 is 0 Å². The summed E-state index contributed by atoms with van der Waals surface area (Å²) >= 11 is 0. The van der Waals surface area contributed by atoms with Crippen LogP contribution in [0.25, 0.3) is 22.0 Å². The third-order valence-corrected chi connectivity index (χ3v) is 3.74. The zero-order chi connectivity index (χ0) is 11.9. The Morgan fingerprint density at radius 2 is 1.78 bits per heavy atom. The van der Waals surface area contributed by atoms with Crippen LogP contribution in [0.4, 0.5) is 0 Å². The van der Waals surface area contributed by atoms with Crippen molar-refractivity contribution < 1.29 is 0 Å². The minimum atomic E-state index is 0.992. The summed E-state index contributed by atoms with van der Waals surface area (Å²) in [4.78, 5) is 3.34. The Balaban J connectivity index is 1.92. The number of fused-ring (bicyclic) bond motifs is 2. The van der Waals surface area contributed by atoms with Crippen LogP contribution in [0.3, 0.4) is 0 Å². The molecule has 0 saturated heterocycles. The van der Waals surface area contributed by atoms with Crippen LogP contribution in [-0.4, -0.2) is 4.98 Å². The van der Waals surface area contributed by atoms with Crippen molar-refractivity contribution in [2.75, 3.05) is 0 Å². The van der Waals surface area contributed by atoms with Crippen molar-refractivity contribution in [1.29, 1.82) is 0 Å². The first kappa shape index (κ1) is 9.92. The van der Waals surface area contributed by atoms with Crippen molar-refractivity contribution in [3.8, 4) is 11.1 Å². The topological polar surface area (TPSA) is 27.8 Å². The maximum atomic E-state index is 3.39. The lowest BCUT2D eigenvalue weighted by Crippen LogP contribution is -1.99. The van der Waals surface area contributed by atoms with Gasteiger partial charge in [-0.25, -0.2) is 0 Å². The van der Waals surface area contributed by atoms with Gasteiger partial charge in [-0.2, -0.15) is 0 Å². The molecule has 2 heterocycles. The first-order valence-corrected chi connectivity index (χ1v) is 6.31. The van der Waals surface area contributed by atoms with Gasteiger partial charge < -0.3 is 10.3 Å². The summed E-state index contributed by atoms with van der Waals surface area (Å²) in [5, 5.41) is 4.68. The van der Waals surface area contributed by atoms with Crippen LogP contribution in [0, 0.1) is 0 Å². The zero-order valence-electron chi connectivity index (χ0n) is 10.0. The van der Waals surface area contributed by atoms with Crippen LogP contribution in [-0.2, 0) is 13.1 Å². The van der Waals surface area contributed by atoms with Gasteiger partial charge in [0.05, 0.1) is 0 Å². The number of rotatable bonds is 1. The van der Waals surface area contributed by atoms with Crippen molar-refractivity contribution in [3.63, 3.8) is 0 Å². The fraction of sp³-hybridized carbons (Fsp3) is 0.125. The van der Waals surface area contributed by atoms with Crippen molar-refractivity contribution in [2.24, 2.45) is 0 Å². The monoisotopic (exact) mass is 234 g/mol. The van der Waals surface area contributed by atoms with Gasteiger partial charge in [0.15, 0.2) is 0 Å². The van der Waals surface area contributed by atoms with Crippen LogP contribution in [0.1, 0.15) is 11.1 Å². The van der Waals surface area contributed by atoms with E-state index in [1.54, 1.807) is 0 Å². The second-order valence-electron chi connectivity index (χ2n) is 4.83. The lowest BCUT2D eigenvalue weighted by atomic mass is 10.0. The first-order valence-electron chi connectivity index (χ1n) is 6.31. The van der Waals surface area contributed by atoms with Crippen LogP contribution in [0.2, 0.25) is 0 Å². The van der Waals surface area contributed by atoms with E-state index >= 15 is 0 Å². The van der Waals surface area contributed by atoms with Gasteiger partial charge in [0.1, 0.15) is 0 Å². The number of para-hydroxylation sites is 1. The number of H-pyrrole nitrogens is 1. The molecular weight excluding hydrogens is 220 g/mol. The molecule has 88 valence electrons. The van der Waals surface area contributed by atoms with Gasteiger partial charge in [-0.05, 0) is 28.8 Å². The first-order chi connectivity index (χ1) is 8.92. The minimum Gasteiger partial charge on any atom is -0.361 e. The number of nitrogens with one attached hydrogen (secondary N) is 2. The van der Waals surface area contributed by atoms with Gasteiger partial charge in [-0.3, -0.25) is 0 Å². The highest BCUT2D eigenvalue weighted by molar-refractivity contribution is 5.95. The molecule has 0 aliphatic carbocycles. The van der Waals surface area contributed by atoms with Crippen molar-refractivity contribution in [2.45, 2.75) is 13.1 Å².